The average Bonchev–Trinajstić information content (AvgIpc) is 1.96. The summed E-state index contributed by atoms with van der Waals surface area (Å²) in [6, 6.07) is 0. The van der Waals surface area contributed by atoms with Crippen LogP contribution < -0.4 is 0 Å². The Morgan fingerprint density at radius 2 is 1.38 bits per heavy atom. The molecule has 0 bridgehead atoms. The number of ether oxygens (including phenoxy) is 1. The number of rotatable bonds is 1. The van der Waals surface area contributed by atoms with E-state index in [0.717, 1.165) is 6.61 Å². The summed E-state index contributed by atoms with van der Waals surface area (Å²) in [6.07, 6.45) is 1.69. The molecule has 0 saturated heterocycles. The Bertz CT molecular complexity index is 10.5. The summed E-state index contributed by atoms with van der Waals surface area (Å²) in [5.41, 5.74) is 0. The van der Waals surface area contributed by atoms with Crippen LogP contribution in [0.4, 0.5) is 0 Å². The van der Waals surface area contributed by atoms with E-state index in [9.17, 15) is 0 Å². The first-order valence-corrected chi connectivity index (χ1v) is 3.75. The first-order chi connectivity index (χ1) is 3.91. The lowest BCUT2D eigenvalue weighted by Crippen LogP contribution is -1.73. The molecule has 0 saturated carbocycles. The zero-order chi connectivity index (χ0) is 7.41. The lowest BCUT2D eigenvalue weighted by atomic mass is 10.9. The van der Waals surface area contributed by atoms with Crippen LogP contribution in [0, 0.1) is 0 Å². The van der Waals surface area contributed by atoms with Crippen LogP contribution in [0.5, 0.6) is 0 Å². The molecule has 1 nitrogen and oxygen atoms in total. The van der Waals surface area contributed by atoms with Gasteiger partial charge in [-0.05, 0) is 13.2 Å². The maximum Gasteiger partial charge on any atom is 0.0433 e. The third kappa shape index (κ3) is 104. The summed E-state index contributed by atoms with van der Waals surface area (Å²) in [7, 11) is 1.68. The van der Waals surface area contributed by atoms with Gasteiger partial charge in [0.25, 0.3) is 0 Å². The molecule has 8 heavy (non-hydrogen) atoms. The van der Waals surface area contributed by atoms with Crippen molar-refractivity contribution in [2.24, 2.45) is 0 Å². The number of hydrogen-bond acceptors (Lipinski definition) is 2. The van der Waals surface area contributed by atoms with E-state index in [1.807, 2.05) is 20.8 Å². The molecule has 0 aliphatic carbocycles. The van der Waals surface area contributed by atoms with E-state index < -0.39 is 0 Å². The highest BCUT2D eigenvalue weighted by atomic mass is 32.1. The SMILES string of the molecule is CC.CCOC.CS. The van der Waals surface area contributed by atoms with Gasteiger partial charge in [-0.2, -0.15) is 12.6 Å². The van der Waals surface area contributed by atoms with Crippen LogP contribution >= 0.6 is 12.6 Å². The van der Waals surface area contributed by atoms with Gasteiger partial charge >= 0.3 is 0 Å². The van der Waals surface area contributed by atoms with Gasteiger partial charge in [-0.1, -0.05) is 13.8 Å². The van der Waals surface area contributed by atoms with E-state index in [4.69, 9.17) is 0 Å². The third-order valence-electron chi connectivity index (χ3n) is 0.289. The smallest absolute Gasteiger partial charge is 0.0433 e. The Labute approximate surface area is 58.8 Å². The molecule has 0 N–H and O–H groups in total. The van der Waals surface area contributed by atoms with Gasteiger partial charge in [0.05, 0.1) is 0 Å². The fraction of sp³-hybridized carbons (Fsp3) is 1.00. The second-order valence-electron chi connectivity index (χ2n) is 0.577. The van der Waals surface area contributed by atoms with Crippen LogP contribution in [-0.2, 0) is 4.74 Å². The first-order valence-electron chi connectivity index (χ1n) is 2.85. The minimum absolute atomic E-state index is 0.819. The van der Waals surface area contributed by atoms with Crippen molar-refractivity contribution in [1.29, 1.82) is 0 Å². The second kappa shape index (κ2) is 54.5. The maximum atomic E-state index is 4.54. The summed E-state index contributed by atoms with van der Waals surface area (Å²) >= 11 is 3.53. The molecule has 54 valence electrons. The molecule has 0 heterocycles. The van der Waals surface area contributed by atoms with Crippen molar-refractivity contribution in [1.82, 2.24) is 0 Å². The molecule has 2 heteroatoms. The Balaban J connectivity index is -0.0000000542. The summed E-state index contributed by atoms with van der Waals surface area (Å²) < 4.78 is 4.54. The van der Waals surface area contributed by atoms with E-state index in [2.05, 4.69) is 17.4 Å². The van der Waals surface area contributed by atoms with Crippen molar-refractivity contribution in [3.05, 3.63) is 0 Å². The van der Waals surface area contributed by atoms with Gasteiger partial charge in [0.2, 0.25) is 0 Å². The van der Waals surface area contributed by atoms with Crippen molar-refractivity contribution >= 4 is 12.6 Å². The standard InChI is InChI=1S/C3H8O.C2H6.CH4S/c1-3-4-2;2*1-2/h3H2,1-2H3;1-2H3;2H,1H3. The first kappa shape index (κ1) is 15.7. The molecule has 0 spiro atoms. The van der Waals surface area contributed by atoms with Crippen LogP contribution in [0.3, 0.4) is 0 Å². The Morgan fingerprint density at radius 3 is 1.38 bits per heavy atom. The van der Waals surface area contributed by atoms with Gasteiger partial charge < -0.3 is 4.74 Å². The summed E-state index contributed by atoms with van der Waals surface area (Å²) in [4.78, 5) is 0. The Hall–Kier alpha value is 0.310. The molecular weight excluding hydrogens is 120 g/mol. The fourth-order valence-corrected chi connectivity index (χ4v) is 0. The summed E-state index contributed by atoms with van der Waals surface area (Å²) in [5.74, 6) is 0. The maximum absolute atomic E-state index is 4.54. The number of thiol groups is 1. The zero-order valence-electron chi connectivity index (χ0n) is 6.56. The minimum atomic E-state index is 0.819. The van der Waals surface area contributed by atoms with Gasteiger partial charge in [0.1, 0.15) is 0 Å². The van der Waals surface area contributed by atoms with E-state index in [1.165, 1.54) is 0 Å². The van der Waals surface area contributed by atoms with Gasteiger partial charge in [-0.3, -0.25) is 0 Å². The third-order valence-corrected chi connectivity index (χ3v) is 0.289. The predicted molar refractivity (Wildman–Crippen MR) is 43.8 cm³/mol. The molecule has 0 aliphatic rings. The minimum Gasteiger partial charge on any atom is -0.385 e. The molecule has 0 rings (SSSR count). The molecule has 0 aromatic carbocycles. The van der Waals surface area contributed by atoms with Crippen LogP contribution in [0.15, 0.2) is 0 Å². The van der Waals surface area contributed by atoms with Gasteiger partial charge in [0.15, 0.2) is 0 Å². The van der Waals surface area contributed by atoms with E-state index in [0.29, 0.717) is 0 Å². The Morgan fingerprint density at radius 1 is 1.25 bits per heavy atom. The number of methoxy groups -OCH3 is 1. The van der Waals surface area contributed by atoms with Gasteiger partial charge in [-0.15, -0.1) is 0 Å². The van der Waals surface area contributed by atoms with Crippen LogP contribution in [0.2, 0.25) is 0 Å². The summed E-state index contributed by atoms with van der Waals surface area (Å²) in [5, 5.41) is 0. The van der Waals surface area contributed by atoms with Gasteiger partial charge in [0, 0.05) is 13.7 Å². The van der Waals surface area contributed by atoms with Crippen LogP contribution in [-0.4, -0.2) is 20.0 Å². The quantitative estimate of drug-likeness (QED) is 0.547. The average molecular weight is 138 g/mol. The largest absolute Gasteiger partial charge is 0.385 e. The van der Waals surface area contributed by atoms with Crippen molar-refractivity contribution in [3.63, 3.8) is 0 Å². The molecule has 0 fully saturated rings. The lowest BCUT2D eigenvalue weighted by Gasteiger charge is -1.76. The Kier molecular flexibility index (Phi) is 107. The van der Waals surface area contributed by atoms with Crippen molar-refractivity contribution in [2.45, 2.75) is 20.8 Å². The predicted octanol–water partition coefficient (Wildman–Crippen LogP) is 2.22. The molecule has 0 amide bonds. The van der Waals surface area contributed by atoms with Crippen molar-refractivity contribution < 1.29 is 4.74 Å². The second-order valence-corrected chi connectivity index (χ2v) is 0.577. The van der Waals surface area contributed by atoms with Gasteiger partial charge in [-0.25, -0.2) is 0 Å². The zero-order valence-corrected chi connectivity index (χ0v) is 7.46. The molecule has 0 radical (unpaired) electrons. The lowest BCUT2D eigenvalue weighted by molar-refractivity contribution is 0.215. The molecule has 0 aromatic rings. The molecule has 0 unspecified atom stereocenters. The number of hydrogen-bond donors (Lipinski definition) is 1. The highest BCUT2D eigenvalue weighted by Gasteiger charge is 1.51. The summed E-state index contributed by atoms with van der Waals surface area (Å²) in [6.45, 7) is 6.78. The molecule has 0 atom stereocenters. The normalized spacial score (nSPS) is 5.25. The fourth-order valence-electron chi connectivity index (χ4n) is 0. The molecule has 0 aromatic heterocycles. The van der Waals surface area contributed by atoms with Crippen LogP contribution in [0.25, 0.3) is 0 Å². The monoisotopic (exact) mass is 138 g/mol. The molecular formula is C6H18OS. The van der Waals surface area contributed by atoms with E-state index in [-0.39, 0.29) is 0 Å². The van der Waals surface area contributed by atoms with E-state index in [1.54, 1.807) is 13.4 Å². The highest BCUT2D eigenvalue weighted by Crippen LogP contribution is 1.52. The molecule has 0 aliphatic heterocycles. The topological polar surface area (TPSA) is 9.23 Å². The van der Waals surface area contributed by atoms with Crippen LogP contribution in [0.1, 0.15) is 20.8 Å². The van der Waals surface area contributed by atoms with Crippen molar-refractivity contribution in [3.8, 4) is 0 Å². The highest BCUT2D eigenvalue weighted by molar-refractivity contribution is 7.79. The van der Waals surface area contributed by atoms with Crippen molar-refractivity contribution in [2.75, 3.05) is 20.0 Å². The van der Waals surface area contributed by atoms with E-state index >= 15 is 0 Å².